The second-order valence-corrected chi connectivity index (χ2v) is 8.56. The zero-order chi connectivity index (χ0) is 14.8. The fourth-order valence-electron chi connectivity index (χ4n) is 2.31. The molecule has 0 saturated carbocycles. The minimum absolute atomic E-state index is 0.421. The van der Waals surface area contributed by atoms with Crippen molar-refractivity contribution in [2.75, 3.05) is 38.7 Å². The van der Waals surface area contributed by atoms with Gasteiger partial charge in [-0.2, -0.15) is 0 Å². The molecule has 1 N–H and O–H groups in total. The lowest BCUT2D eigenvalue weighted by Crippen LogP contribution is -2.42. The third-order valence-corrected chi connectivity index (χ3v) is 6.27. The Kier molecular flexibility index (Phi) is 5.53. The molecule has 1 aromatic rings. The first-order valence-corrected chi connectivity index (χ1v) is 10.3. The third-order valence-electron chi connectivity index (χ3n) is 3.29. The van der Waals surface area contributed by atoms with Crippen LogP contribution in [0.5, 0.6) is 0 Å². The summed E-state index contributed by atoms with van der Waals surface area (Å²) < 4.78 is 24.8. The summed E-state index contributed by atoms with van der Waals surface area (Å²) in [6.07, 6.45) is 3.16. The normalized spacial score (nSPS) is 17.4. The molecule has 0 spiro atoms. The smallest absolute Gasteiger partial charge is 0.176 e. The highest BCUT2D eigenvalue weighted by Crippen LogP contribution is 2.34. The van der Waals surface area contributed by atoms with Gasteiger partial charge in [-0.1, -0.05) is 0 Å². The summed E-state index contributed by atoms with van der Waals surface area (Å²) in [5.74, 6) is 0. The Hall–Kier alpha value is -0.0800. The number of sulfone groups is 1. The lowest BCUT2D eigenvalue weighted by atomic mass is 10.2. The Labute approximate surface area is 133 Å². The molecule has 1 saturated heterocycles. The summed E-state index contributed by atoms with van der Waals surface area (Å²) in [5, 5.41) is 3.32. The van der Waals surface area contributed by atoms with Gasteiger partial charge in [0.15, 0.2) is 9.84 Å². The molecule has 1 aromatic carbocycles. The van der Waals surface area contributed by atoms with Gasteiger partial charge in [0.05, 0.1) is 4.90 Å². The maximum atomic E-state index is 12.0. The number of benzene rings is 1. The van der Waals surface area contributed by atoms with Crippen molar-refractivity contribution in [2.24, 2.45) is 0 Å². The second-order valence-electron chi connectivity index (χ2n) is 4.91. The van der Waals surface area contributed by atoms with Crippen LogP contribution in [0.15, 0.2) is 26.4 Å². The zero-order valence-electron chi connectivity index (χ0n) is 11.6. The number of piperazine rings is 1. The first kappa shape index (κ1) is 16.3. The average Bonchev–Trinajstić information content (AvgIpc) is 2.38. The van der Waals surface area contributed by atoms with Gasteiger partial charge in [-0.15, -0.1) is 11.8 Å². The topological polar surface area (TPSA) is 49.4 Å². The molecule has 20 heavy (non-hydrogen) atoms. The summed E-state index contributed by atoms with van der Waals surface area (Å²) in [5.41, 5.74) is 1.04. The Balaban J connectivity index is 2.33. The molecule has 1 aliphatic rings. The summed E-state index contributed by atoms with van der Waals surface area (Å²) in [7, 11) is -3.21. The van der Waals surface area contributed by atoms with Crippen LogP contribution in [0.4, 0.5) is 0 Å². The molecule has 112 valence electrons. The Bertz CT molecular complexity index is 584. The molecule has 1 heterocycles. The van der Waals surface area contributed by atoms with Crippen molar-refractivity contribution in [3.05, 3.63) is 22.2 Å². The standard InChI is InChI=1S/C13H19BrN2O2S2/c1-19-13-11(14)7-10(8-12(13)20(2,17)18)9-16-5-3-15-4-6-16/h7-8,15H,3-6,9H2,1-2H3. The molecule has 0 unspecified atom stereocenters. The van der Waals surface area contributed by atoms with E-state index in [0.717, 1.165) is 47.7 Å². The van der Waals surface area contributed by atoms with E-state index in [1.165, 1.54) is 18.0 Å². The molecule has 2 rings (SSSR count). The number of nitrogens with zero attached hydrogens (tertiary/aromatic N) is 1. The number of hydrogen-bond acceptors (Lipinski definition) is 5. The number of halogens is 1. The molecular formula is C13H19BrN2O2S2. The van der Waals surface area contributed by atoms with Crippen LogP contribution in [0.3, 0.4) is 0 Å². The summed E-state index contributed by atoms with van der Waals surface area (Å²) >= 11 is 4.95. The van der Waals surface area contributed by atoms with E-state index in [0.29, 0.717) is 4.90 Å². The number of hydrogen-bond donors (Lipinski definition) is 1. The molecule has 0 aromatic heterocycles. The molecule has 0 aliphatic carbocycles. The average molecular weight is 379 g/mol. The van der Waals surface area contributed by atoms with Crippen LogP contribution in [0.1, 0.15) is 5.56 Å². The second kappa shape index (κ2) is 6.79. The van der Waals surface area contributed by atoms with Crippen LogP contribution in [-0.2, 0) is 16.4 Å². The molecule has 7 heteroatoms. The van der Waals surface area contributed by atoms with Gasteiger partial charge in [0.25, 0.3) is 0 Å². The fraction of sp³-hybridized carbons (Fsp3) is 0.538. The van der Waals surface area contributed by atoms with Gasteiger partial charge in [0.2, 0.25) is 0 Å². The number of rotatable bonds is 4. The molecule has 0 atom stereocenters. The van der Waals surface area contributed by atoms with Crippen LogP contribution >= 0.6 is 27.7 Å². The van der Waals surface area contributed by atoms with Gasteiger partial charge >= 0.3 is 0 Å². The lowest BCUT2D eigenvalue weighted by Gasteiger charge is -2.27. The molecule has 1 fully saturated rings. The van der Waals surface area contributed by atoms with Gasteiger partial charge < -0.3 is 5.32 Å². The predicted octanol–water partition coefficient (Wildman–Crippen LogP) is 1.98. The van der Waals surface area contributed by atoms with Crippen LogP contribution in [0.25, 0.3) is 0 Å². The van der Waals surface area contributed by atoms with Crippen LogP contribution in [0, 0.1) is 0 Å². The maximum absolute atomic E-state index is 12.0. The van der Waals surface area contributed by atoms with Crippen molar-refractivity contribution < 1.29 is 8.42 Å². The fourth-order valence-corrected chi connectivity index (χ4v) is 5.47. The van der Waals surface area contributed by atoms with E-state index >= 15 is 0 Å². The van der Waals surface area contributed by atoms with Crippen molar-refractivity contribution in [1.29, 1.82) is 0 Å². The van der Waals surface area contributed by atoms with E-state index in [2.05, 4.69) is 26.1 Å². The van der Waals surface area contributed by atoms with Gasteiger partial charge in [0, 0.05) is 48.3 Å². The molecule has 1 aliphatic heterocycles. The quantitative estimate of drug-likeness (QED) is 0.811. The largest absolute Gasteiger partial charge is 0.314 e. The van der Waals surface area contributed by atoms with Gasteiger partial charge in [0.1, 0.15) is 0 Å². The predicted molar refractivity (Wildman–Crippen MR) is 87.2 cm³/mol. The van der Waals surface area contributed by atoms with Gasteiger partial charge in [-0.05, 0) is 39.9 Å². The highest BCUT2D eigenvalue weighted by molar-refractivity contribution is 9.10. The molecule has 4 nitrogen and oxygen atoms in total. The monoisotopic (exact) mass is 378 g/mol. The van der Waals surface area contributed by atoms with Crippen molar-refractivity contribution in [3.8, 4) is 0 Å². The maximum Gasteiger partial charge on any atom is 0.176 e. The van der Waals surface area contributed by atoms with Gasteiger partial charge in [-0.3, -0.25) is 4.90 Å². The van der Waals surface area contributed by atoms with E-state index in [1.807, 2.05) is 18.4 Å². The summed E-state index contributed by atoms with van der Waals surface area (Å²) in [6, 6.07) is 3.84. The Morgan fingerprint density at radius 2 is 2.00 bits per heavy atom. The third kappa shape index (κ3) is 3.98. The highest BCUT2D eigenvalue weighted by Gasteiger charge is 2.18. The van der Waals surface area contributed by atoms with E-state index in [9.17, 15) is 8.42 Å². The molecule has 0 amide bonds. The highest BCUT2D eigenvalue weighted by atomic mass is 79.9. The van der Waals surface area contributed by atoms with Crippen LogP contribution in [-0.4, -0.2) is 52.0 Å². The van der Waals surface area contributed by atoms with Crippen molar-refractivity contribution in [2.45, 2.75) is 16.3 Å². The SMILES string of the molecule is CSc1c(Br)cc(CN2CCNCC2)cc1S(C)(=O)=O. The molecule has 0 bridgehead atoms. The lowest BCUT2D eigenvalue weighted by molar-refractivity contribution is 0.233. The van der Waals surface area contributed by atoms with Crippen molar-refractivity contribution in [3.63, 3.8) is 0 Å². The van der Waals surface area contributed by atoms with E-state index < -0.39 is 9.84 Å². The van der Waals surface area contributed by atoms with Crippen molar-refractivity contribution in [1.82, 2.24) is 10.2 Å². The van der Waals surface area contributed by atoms with Crippen molar-refractivity contribution >= 4 is 37.5 Å². The minimum atomic E-state index is -3.21. The zero-order valence-corrected chi connectivity index (χ0v) is 14.9. The number of nitrogens with one attached hydrogen (secondary N) is 1. The number of thioether (sulfide) groups is 1. The Morgan fingerprint density at radius 3 is 2.55 bits per heavy atom. The summed E-state index contributed by atoms with van der Waals surface area (Å²) in [6.45, 7) is 4.76. The van der Waals surface area contributed by atoms with E-state index in [1.54, 1.807) is 0 Å². The van der Waals surface area contributed by atoms with Gasteiger partial charge in [-0.25, -0.2) is 8.42 Å². The Morgan fingerprint density at radius 1 is 1.35 bits per heavy atom. The first-order chi connectivity index (χ1) is 9.41. The van der Waals surface area contributed by atoms with E-state index in [4.69, 9.17) is 0 Å². The van der Waals surface area contributed by atoms with Crippen LogP contribution < -0.4 is 5.32 Å². The van der Waals surface area contributed by atoms with E-state index in [-0.39, 0.29) is 0 Å². The minimum Gasteiger partial charge on any atom is -0.314 e. The van der Waals surface area contributed by atoms with Crippen LogP contribution in [0.2, 0.25) is 0 Å². The summed E-state index contributed by atoms with van der Waals surface area (Å²) in [4.78, 5) is 3.55. The molecular weight excluding hydrogens is 360 g/mol. The first-order valence-electron chi connectivity index (χ1n) is 6.41. The molecule has 0 radical (unpaired) electrons.